The van der Waals surface area contributed by atoms with Crippen LogP contribution in [0.4, 0.5) is 0 Å². The Hall–Kier alpha value is 0.479. The van der Waals surface area contributed by atoms with Gasteiger partial charge in [0.05, 0.1) is 0 Å². The van der Waals surface area contributed by atoms with Gasteiger partial charge in [-0.05, 0) is 12.3 Å². The summed E-state index contributed by atoms with van der Waals surface area (Å²) in [5, 5.41) is 8.53. The van der Waals surface area contributed by atoms with Crippen LogP contribution in [0.1, 0.15) is 64.2 Å². The summed E-state index contributed by atoms with van der Waals surface area (Å²) >= 11 is 0. The first-order valence-electron chi connectivity index (χ1n) is 6.04. The van der Waals surface area contributed by atoms with Gasteiger partial charge >= 0.3 is 0 Å². The van der Waals surface area contributed by atoms with Crippen molar-refractivity contribution in [2.24, 2.45) is 5.92 Å². The van der Waals surface area contributed by atoms with E-state index in [-0.39, 0.29) is 17.1 Å². The summed E-state index contributed by atoms with van der Waals surface area (Å²) in [5.74, 6) is 0.861. The molecule has 0 aromatic heterocycles. The van der Waals surface area contributed by atoms with Crippen molar-refractivity contribution in [2.75, 3.05) is 6.61 Å². The molecule has 2 fully saturated rings. The van der Waals surface area contributed by atoms with Crippen LogP contribution in [0.25, 0.3) is 0 Å². The largest absolute Gasteiger partial charge is 0.396 e. The molecule has 0 unspecified atom stereocenters. The van der Waals surface area contributed by atoms with E-state index in [0.717, 1.165) is 12.3 Å². The molecule has 0 aromatic rings. The number of aliphatic hydroxyl groups excluding tert-OH is 1. The summed E-state index contributed by atoms with van der Waals surface area (Å²) in [6, 6.07) is 0. The van der Waals surface area contributed by atoms with Crippen LogP contribution in [0, 0.1) is 5.92 Å². The average molecular weight is 240 g/mol. The molecule has 0 bridgehead atoms. The second kappa shape index (κ2) is 10.0. The van der Waals surface area contributed by atoms with Crippen LogP contribution in [-0.2, 0) is 17.1 Å². The Morgan fingerprint density at radius 1 is 0.786 bits per heavy atom. The Kier molecular flexibility index (Phi) is 10.4. The van der Waals surface area contributed by atoms with E-state index in [1.165, 1.54) is 57.8 Å². The Morgan fingerprint density at radius 2 is 1.21 bits per heavy atom. The topological polar surface area (TPSA) is 20.2 Å². The molecule has 1 nitrogen and oxygen atoms in total. The molecule has 2 heteroatoms. The number of aliphatic hydroxyl groups is 1. The van der Waals surface area contributed by atoms with E-state index >= 15 is 0 Å². The standard InChI is InChI=1S/C7H14O.C5H10.Fe/c8-6-5-7-3-1-2-4-7;1-2-4-5-3-1;/h7-8H,1-6H2;1-5H2;. The van der Waals surface area contributed by atoms with Crippen molar-refractivity contribution in [1.29, 1.82) is 0 Å². The van der Waals surface area contributed by atoms with Gasteiger partial charge < -0.3 is 5.11 Å². The molecule has 0 saturated heterocycles. The van der Waals surface area contributed by atoms with Gasteiger partial charge in [-0.25, -0.2) is 0 Å². The van der Waals surface area contributed by atoms with Crippen LogP contribution in [-0.4, -0.2) is 11.7 Å². The predicted molar refractivity (Wildman–Crippen MR) is 56.7 cm³/mol. The van der Waals surface area contributed by atoms with Crippen molar-refractivity contribution in [3.63, 3.8) is 0 Å². The number of rotatable bonds is 2. The van der Waals surface area contributed by atoms with Gasteiger partial charge in [0.15, 0.2) is 0 Å². The van der Waals surface area contributed by atoms with Crippen LogP contribution in [0.3, 0.4) is 0 Å². The van der Waals surface area contributed by atoms with Gasteiger partial charge in [-0.1, -0.05) is 57.8 Å². The first-order chi connectivity index (χ1) is 6.43. The second-order valence-corrected chi connectivity index (χ2v) is 4.43. The molecule has 0 amide bonds. The fourth-order valence-electron chi connectivity index (χ4n) is 2.37. The zero-order valence-electron chi connectivity index (χ0n) is 9.16. The molecule has 0 aliphatic heterocycles. The van der Waals surface area contributed by atoms with E-state index in [4.69, 9.17) is 5.11 Å². The SMILES string of the molecule is C1CCCC1.OCCC1CCCC1.[Fe]. The zero-order valence-corrected chi connectivity index (χ0v) is 10.3. The van der Waals surface area contributed by atoms with Gasteiger partial charge in [0.25, 0.3) is 0 Å². The quantitative estimate of drug-likeness (QED) is 0.732. The zero-order chi connectivity index (χ0) is 9.36. The molecule has 2 saturated carbocycles. The molecule has 0 aromatic carbocycles. The van der Waals surface area contributed by atoms with E-state index < -0.39 is 0 Å². The molecular formula is C12H24FeO. The second-order valence-electron chi connectivity index (χ2n) is 4.43. The summed E-state index contributed by atoms with van der Waals surface area (Å²) in [5.41, 5.74) is 0. The normalized spacial score (nSPS) is 21.2. The maximum Gasteiger partial charge on any atom is 0.0433 e. The fraction of sp³-hybridized carbons (Fsp3) is 1.00. The maximum atomic E-state index is 8.53. The minimum absolute atomic E-state index is 0. The van der Waals surface area contributed by atoms with E-state index in [9.17, 15) is 0 Å². The third-order valence-electron chi connectivity index (χ3n) is 3.26. The summed E-state index contributed by atoms with van der Waals surface area (Å²) in [6.45, 7) is 0.394. The van der Waals surface area contributed by atoms with E-state index in [0.29, 0.717) is 6.61 Å². The smallest absolute Gasteiger partial charge is 0.0433 e. The van der Waals surface area contributed by atoms with Gasteiger partial charge in [-0.15, -0.1) is 0 Å². The molecule has 2 rings (SSSR count). The summed E-state index contributed by atoms with van der Waals surface area (Å²) in [6.07, 6.45) is 14.1. The number of hydrogen-bond acceptors (Lipinski definition) is 1. The number of hydrogen-bond donors (Lipinski definition) is 1. The maximum absolute atomic E-state index is 8.53. The Balaban J connectivity index is 0.000000246. The van der Waals surface area contributed by atoms with E-state index in [1.807, 2.05) is 0 Å². The summed E-state index contributed by atoms with van der Waals surface area (Å²) in [7, 11) is 0. The monoisotopic (exact) mass is 240 g/mol. The third kappa shape index (κ3) is 6.86. The van der Waals surface area contributed by atoms with Crippen LogP contribution in [0.5, 0.6) is 0 Å². The van der Waals surface area contributed by atoms with Crippen molar-refractivity contribution < 1.29 is 22.2 Å². The average Bonchev–Trinajstić information content (AvgIpc) is 2.79. The molecule has 0 heterocycles. The van der Waals surface area contributed by atoms with Gasteiger partial charge in [-0.3, -0.25) is 0 Å². The van der Waals surface area contributed by atoms with Crippen LogP contribution in [0.2, 0.25) is 0 Å². The van der Waals surface area contributed by atoms with Gasteiger partial charge in [0, 0.05) is 23.7 Å². The van der Waals surface area contributed by atoms with Crippen LogP contribution >= 0.6 is 0 Å². The first-order valence-corrected chi connectivity index (χ1v) is 6.04. The van der Waals surface area contributed by atoms with Crippen LogP contribution in [0.15, 0.2) is 0 Å². The molecule has 0 spiro atoms. The van der Waals surface area contributed by atoms with Crippen molar-refractivity contribution in [3.05, 3.63) is 0 Å². The summed E-state index contributed by atoms with van der Waals surface area (Å²) < 4.78 is 0. The molecule has 0 radical (unpaired) electrons. The third-order valence-corrected chi connectivity index (χ3v) is 3.26. The van der Waals surface area contributed by atoms with Crippen molar-refractivity contribution >= 4 is 0 Å². The van der Waals surface area contributed by atoms with E-state index in [2.05, 4.69) is 0 Å². The van der Waals surface area contributed by atoms with Crippen molar-refractivity contribution in [1.82, 2.24) is 0 Å². The fourth-order valence-corrected chi connectivity index (χ4v) is 2.37. The van der Waals surface area contributed by atoms with Crippen LogP contribution < -0.4 is 0 Å². The summed E-state index contributed by atoms with van der Waals surface area (Å²) in [4.78, 5) is 0. The molecular weight excluding hydrogens is 216 g/mol. The predicted octanol–water partition coefficient (Wildman–Crippen LogP) is 3.51. The van der Waals surface area contributed by atoms with Crippen molar-refractivity contribution in [3.8, 4) is 0 Å². The molecule has 0 atom stereocenters. The Bertz CT molecular complexity index is 99.3. The minimum atomic E-state index is 0. The Labute approximate surface area is 99.1 Å². The van der Waals surface area contributed by atoms with E-state index in [1.54, 1.807) is 0 Å². The van der Waals surface area contributed by atoms with Crippen molar-refractivity contribution in [2.45, 2.75) is 64.2 Å². The van der Waals surface area contributed by atoms with Gasteiger partial charge in [0.1, 0.15) is 0 Å². The molecule has 14 heavy (non-hydrogen) atoms. The molecule has 2 aliphatic rings. The molecule has 86 valence electrons. The Morgan fingerprint density at radius 3 is 1.57 bits per heavy atom. The molecule has 2 aliphatic carbocycles. The molecule has 1 N–H and O–H groups in total. The first kappa shape index (κ1) is 14.5. The van der Waals surface area contributed by atoms with Gasteiger partial charge in [-0.2, -0.15) is 0 Å². The minimum Gasteiger partial charge on any atom is -0.396 e. The van der Waals surface area contributed by atoms with Gasteiger partial charge in [0.2, 0.25) is 0 Å².